The highest BCUT2D eigenvalue weighted by Gasteiger charge is 2.44. The van der Waals surface area contributed by atoms with Crippen LogP contribution in [0.1, 0.15) is 37.2 Å². The van der Waals surface area contributed by atoms with E-state index in [1.54, 1.807) is 18.2 Å². The Labute approximate surface area is 161 Å². The first-order valence-corrected chi connectivity index (χ1v) is 10.9. The zero-order chi connectivity index (χ0) is 19.5. The molecule has 0 amide bonds. The number of nitrogens with one attached hydrogen (secondary N) is 1. The molecule has 7 heteroatoms. The van der Waals surface area contributed by atoms with Crippen LogP contribution in [0.5, 0.6) is 0 Å². The molecule has 0 fully saturated rings. The average Bonchev–Trinajstić information content (AvgIpc) is 3.30. The van der Waals surface area contributed by atoms with Crippen molar-refractivity contribution in [2.75, 3.05) is 5.75 Å². The summed E-state index contributed by atoms with van der Waals surface area (Å²) in [6.45, 7) is 0. The Hall–Kier alpha value is -2.67. The highest BCUT2D eigenvalue weighted by molar-refractivity contribution is 7.95. The maximum atomic E-state index is 14.5. The van der Waals surface area contributed by atoms with E-state index < -0.39 is 21.6 Å². The number of dihydropyridines is 1. The van der Waals surface area contributed by atoms with Crippen LogP contribution in [-0.4, -0.2) is 20.0 Å². The van der Waals surface area contributed by atoms with Crippen LogP contribution in [0, 0.1) is 5.82 Å². The Morgan fingerprint density at radius 1 is 1.11 bits per heavy atom. The third kappa shape index (κ3) is 2.57. The molecule has 1 aromatic heterocycles. The number of furan rings is 1. The second-order valence-corrected chi connectivity index (χ2v) is 9.47. The van der Waals surface area contributed by atoms with Gasteiger partial charge < -0.3 is 9.73 Å². The van der Waals surface area contributed by atoms with E-state index in [9.17, 15) is 17.6 Å². The van der Waals surface area contributed by atoms with E-state index in [0.29, 0.717) is 47.2 Å². The first-order chi connectivity index (χ1) is 13.5. The molecule has 0 spiro atoms. The lowest BCUT2D eigenvalue weighted by Crippen LogP contribution is -2.32. The molecule has 2 aromatic rings. The summed E-state index contributed by atoms with van der Waals surface area (Å²) in [6.07, 6.45) is 5.17. The standard InChI is InChI=1S/C21H18FNO4S/c22-15-5-4-12(10-14(15)13-6-8-27-11-13)19-20-16(2-1-3-18(20)24)23-17-7-9-28(25,26)21(17)19/h4-6,8,10-11,19,23H,1-3,7,9H2. The summed E-state index contributed by atoms with van der Waals surface area (Å²) in [4.78, 5) is 13.1. The number of allylic oxidation sites excluding steroid dienone is 4. The molecule has 5 nitrogen and oxygen atoms in total. The second-order valence-electron chi connectivity index (χ2n) is 7.39. The van der Waals surface area contributed by atoms with E-state index in [2.05, 4.69) is 5.32 Å². The van der Waals surface area contributed by atoms with Gasteiger partial charge in [-0.15, -0.1) is 0 Å². The summed E-state index contributed by atoms with van der Waals surface area (Å²) in [5.41, 5.74) is 3.51. The van der Waals surface area contributed by atoms with Gasteiger partial charge in [0.05, 0.1) is 29.1 Å². The zero-order valence-electron chi connectivity index (χ0n) is 15.0. The molecule has 0 radical (unpaired) electrons. The van der Waals surface area contributed by atoms with Crippen molar-refractivity contribution in [3.05, 3.63) is 70.0 Å². The van der Waals surface area contributed by atoms with Crippen LogP contribution < -0.4 is 5.32 Å². The lowest BCUT2D eigenvalue weighted by Gasteiger charge is -2.33. The second kappa shape index (κ2) is 6.17. The molecule has 0 saturated heterocycles. The van der Waals surface area contributed by atoms with Crippen LogP contribution >= 0.6 is 0 Å². The smallest absolute Gasteiger partial charge is 0.177 e. The fraction of sp³-hybridized carbons (Fsp3) is 0.286. The number of hydrogen-bond acceptors (Lipinski definition) is 5. The molecule has 28 heavy (non-hydrogen) atoms. The number of carbonyl (C=O) groups excluding carboxylic acids is 1. The highest BCUT2D eigenvalue weighted by atomic mass is 32.2. The normalized spacial score (nSPS) is 23.5. The molecular formula is C21H18FNO4S. The van der Waals surface area contributed by atoms with Gasteiger partial charge in [0, 0.05) is 40.9 Å². The monoisotopic (exact) mass is 399 g/mol. The van der Waals surface area contributed by atoms with Crippen molar-refractivity contribution in [2.45, 2.75) is 31.6 Å². The summed E-state index contributed by atoms with van der Waals surface area (Å²) < 4.78 is 45.2. The Kier molecular flexibility index (Phi) is 3.84. The van der Waals surface area contributed by atoms with Gasteiger partial charge >= 0.3 is 0 Å². The molecular weight excluding hydrogens is 381 g/mol. The molecule has 1 unspecified atom stereocenters. The molecule has 1 aromatic carbocycles. The van der Waals surface area contributed by atoms with Crippen molar-refractivity contribution in [3.63, 3.8) is 0 Å². The summed E-state index contributed by atoms with van der Waals surface area (Å²) in [7, 11) is -3.48. The number of halogens is 1. The average molecular weight is 399 g/mol. The zero-order valence-corrected chi connectivity index (χ0v) is 15.8. The Bertz CT molecular complexity index is 1160. The van der Waals surface area contributed by atoms with Crippen LogP contribution in [-0.2, 0) is 14.6 Å². The minimum atomic E-state index is -3.48. The van der Waals surface area contributed by atoms with Crippen LogP contribution in [0.4, 0.5) is 4.39 Å². The predicted molar refractivity (Wildman–Crippen MR) is 101 cm³/mol. The van der Waals surface area contributed by atoms with Crippen molar-refractivity contribution in [2.24, 2.45) is 0 Å². The van der Waals surface area contributed by atoms with Crippen LogP contribution in [0.25, 0.3) is 11.1 Å². The first kappa shape index (κ1) is 17.4. The van der Waals surface area contributed by atoms with Crippen molar-refractivity contribution < 1.29 is 22.0 Å². The number of hydrogen-bond donors (Lipinski definition) is 1. The number of sulfone groups is 1. The van der Waals surface area contributed by atoms with Gasteiger partial charge in [0.2, 0.25) is 0 Å². The predicted octanol–water partition coefficient (Wildman–Crippen LogP) is 3.81. The molecule has 3 aliphatic rings. The van der Waals surface area contributed by atoms with Gasteiger partial charge in [0.15, 0.2) is 15.6 Å². The molecule has 0 saturated carbocycles. The maximum absolute atomic E-state index is 14.5. The fourth-order valence-electron chi connectivity index (χ4n) is 4.46. The van der Waals surface area contributed by atoms with E-state index in [1.165, 1.54) is 18.6 Å². The van der Waals surface area contributed by atoms with Crippen LogP contribution in [0.2, 0.25) is 0 Å². The van der Waals surface area contributed by atoms with E-state index in [-0.39, 0.29) is 16.4 Å². The molecule has 3 heterocycles. The van der Waals surface area contributed by atoms with Gasteiger partial charge in [0.25, 0.3) is 0 Å². The minimum absolute atomic E-state index is 0.0334. The van der Waals surface area contributed by atoms with Gasteiger partial charge in [0.1, 0.15) is 5.82 Å². The van der Waals surface area contributed by atoms with E-state index in [4.69, 9.17) is 4.42 Å². The van der Waals surface area contributed by atoms with E-state index >= 15 is 0 Å². The van der Waals surface area contributed by atoms with Gasteiger partial charge in [-0.2, -0.15) is 0 Å². The highest BCUT2D eigenvalue weighted by Crippen LogP contribution is 2.48. The van der Waals surface area contributed by atoms with Crippen molar-refractivity contribution in [3.8, 4) is 11.1 Å². The van der Waals surface area contributed by atoms with Gasteiger partial charge in [-0.1, -0.05) is 6.07 Å². The van der Waals surface area contributed by atoms with Gasteiger partial charge in [-0.05, 0) is 36.6 Å². The number of carbonyl (C=O) groups is 1. The molecule has 144 valence electrons. The largest absolute Gasteiger partial charge is 0.472 e. The molecule has 0 bridgehead atoms. The van der Waals surface area contributed by atoms with Crippen LogP contribution in [0.3, 0.4) is 0 Å². The maximum Gasteiger partial charge on any atom is 0.177 e. The van der Waals surface area contributed by atoms with Crippen molar-refractivity contribution in [1.82, 2.24) is 5.32 Å². The van der Waals surface area contributed by atoms with Gasteiger partial charge in [-0.3, -0.25) is 4.79 Å². The molecule has 2 aliphatic heterocycles. The molecule has 1 atom stereocenters. The number of rotatable bonds is 2. The summed E-state index contributed by atoms with van der Waals surface area (Å²) >= 11 is 0. The fourth-order valence-corrected chi connectivity index (χ4v) is 6.29. The van der Waals surface area contributed by atoms with E-state index in [1.807, 2.05) is 0 Å². The number of Topliss-reactive ketones (excluding diaryl/α,β-unsaturated/α-hetero) is 1. The third-order valence-corrected chi connectivity index (χ3v) is 7.61. The lowest BCUT2D eigenvalue weighted by atomic mass is 9.78. The molecule has 1 aliphatic carbocycles. The Balaban J connectivity index is 1.73. The minimum Gasteiger partial charge on any atom is -0.472 e. The van der Waals surface area contributed by atoms with Crippen LogP contribution in [0.15, 0.2) is 63.1 Å². The number of benzene rings is 1. The van der Waals surface area contributed by atoms with Crippen molar-refractivity contribution in [1.29, 1.82) is 0 Å². The Morgan fingerprint density at radius 3 is 2.75 bits per heavy atom. The number of ketones is 1. The summed E-state index contributed by atoms with van der Waals surface area (Å²) in [6, 6.07) is 6.20. The van der Waals surface area contributed by atoms with Crippen molar-refractivity contribution >= 4 is 15.6 Å². The molecule has 1 N–H and O–H groups in total. The summed E-state index contributed by atoms with van der Waals surface area (Å²) in [5, 5.41) is 3.23. The third-order valence-electron chi connectivity index (χ3n) is 5.72. The van der Waals surface area contributed by atoms with E-state index in [0.717, 1.165) is 12.1 Å². The first-order valence-electron chi connectivity index (χ1n) is 9.27. The topological polar surface area (TPSA) is 76.4 Å². The Morgan fingerprint density at radius 2 is 1.96 bits per heavy atom. The quantitative estimate of drug-likeness (QED) is 0.831. The lowest BCUT2D eigenvalue weighted by molar-refractivity contribution is -0.116. The van der Waals surface area contributed by atoms with Gasteiger partial charge in [-0.25, -0.2) is 12.8 Å². The summed E-state index contributed by atoms with van der Waals surface area (Å²) in [5.74, 6) is -1.11. The SMILES string of the molecule is O=C1CCCC2=C1C(c1ccc(F)c(-c3ccoc3)c1)C1=C(CCS1(=O)=O)N2. The molecule has 5 rings (SSSR count).